The molecule has 9 heteroatoms. The molecule has 5 aliphatic rings. The summed E-state index contributed by atoms with van der Waals surface area (Å²) in [5.41, 5.74) is 2.38. The minimum absolute atomic E-state index is 0.00892. The summed E-state index contributed by atoms with van der Waals surface area (Å²) < 4.78 is 6.34. The summed E-state index contributed by atoms with van der Waals surface area (Å²) in [5, 5.41) is 23.7. The van der Waals surface area contributed by atoms with Crippen molar-refractivity contribution in [2.75, 3.05) is 46.1 Å². The molecule has 280 valence electrons. The van der Waals surface area contributed by atoms with Crippen LogP contribution in [0.3, 0.4) is 0 Å². The number of amides is 1. The SMILES string of the molecule is CC(C)CCCC(C)C1CCC2C3CC=C4CC(OC(=O)N(CCCCNCNCC=N)CCCNC5NCN5)CCC4(C)C3CCC12C. The number of nitrogens with one attached hydrogen (secondary N) is 6. The molecule has 4 fully saturated rings. The lowest BCUT2D eigenvalue weighted by atomic mass is 9.47. The van der Waals surface area contributed by atoms with Crippen molar-refractivity contribution in [3.05, 3.63) is 11.6 Å². The Morgan fingerprint density at radius 1 is 1.00 bits per heavy atom. The first-order valence-electron chi connectivity index (χ1n) is 20.4. The third-order valence-electron chi connectivity index (χ3n) is 13.9. The Morgan fingerprint density at radius 3 is 2.57 bits per heavy atom. The van der Waals surface area contributed by atoms with E-state index in [9.17, 15) is 4.79 Å². The molecule has 1 heterocycles. The van der Waals surface area contributed by atoms with Gasteiger partial charge in [-0.3, -0.25) is 21.3 Å². The zero-order valence-corrected chi connectivity index (χ0v) is 31.9. The van der Waals surface area contributed by atoms with Gasteiger partial charge < -0.3 is 20.4 Å². The van der Waals surface area contributed by atoms with Crippen molar-refractivity contribution in [3.8, 4) is 0 Å². The maximum Gasteiger partial charge on any atom is 0.410 e. The number of unbranched alkanes of at least 4 members (excludes halogenated alkanes) is 1. The monoisotopic (exact) mass is 684 g/mol. The minimum atomic E-state index is -0.128. The van der Waals surface area contributed by atoms with Crippen LogP contribution in [-0.4, -0.2) is 75.7 Å². The quantitative estimate of drug-likeness (QED) is 0.0362. The van der Waals surface area contributed by atoms with Crippen LogP contribution in [0.25, 0.3) is 0 Å². The highest BCUT2D eigenvalue weighted by Crippen LogP contribution is 2.67. The first kappa shape index (κ1) is 38.7. The topological polar surface area (TPSA) is 114 Å². The van der Waals surface area contributed by atoms with Gasteiger partial charge in [0.25, 0.3) is 0 Å². The van der Waals surface area contributed by atoms with E-state index in [0.717, 1.165) is 100 Å². The standard InChI is InChI=1S/C40H73N7O2/c1-29(2)10-8-11-30(3)34-14-15-35-33-13-12-31-26-32(16-18-39(31,4)36(33)17-19-40(34,35)5)49-38(48)47(25-9-22-44-37-45-28-46-37)24-7-6-21-42-27-43-23-20-41/h12,20,29-30,32-37,41-46H,6-11,13-19,21-28H2,1-5H3. The van der Waals surface area contributed by atoms with Crippen LogP contribution in [0.1, 0.15) is 125 Å². The van der Waals surface area contributed by atoms with E-state index in [-0.39, 0.29) is 23.9 Å². The molecular formula is C40H73N7O2. The van der Waals surface area contributed by atoms with Crippen LogP contribution in [0.15, 0.2) is 11.6 Å². The van der Waals surface area contributed by atoms with Crippen LogP contribution in [-0.2, 0) is 4.74 Å². The second kappa shape index (κ2) is 18.3. The fraction of sp³-hybridized carbons (Fsp3) is 0.900. The highest BCUT2D eigenvalue weighted by atomic mass is 16.6. The molecule has 9 nitrogen and oxygen atoms in total. The molecule has 8 atom stereocenters. The van der Waals surface area contributed by atoms with Crippen molar-refractivity contribution in [1.29, 1.82) is 5.41 Å². The molecule has 49 heavy (non-hydrogen) atoms. The Hall–Kier alpha value is -1.52. The van der Waals surface area contributed by atoms with Gasteiger partial charge in [-0.25, -0.2) is 4.79 Å². The van der Waals surface area contributed by atoms with E-state index in [4.69, 9.17) is 10.1 Å². The summed E-state index contributed by atoms with van der Waals surface area (Å²) in [6, 6.07) is 0. The molecule has 0 radical (unpaired) electrons. The van der Waals surface area contributed by atoms with E-state index >= 15 is 0 Å². The highest BCUT2D eigenvalue weighted by molar-refractivity contribution is 5.67. The lowest BCUT2D eigenvalue weighted by molar-refractivity contribution is -0.0593. The maximum atomic E-state index is 13.7. The fourth-order valence-electron chi connectivity index (χ4n) is 11.0. The molecule has 3 saturated carbocycles. The molecule has 1 amide bonds. The molecule has 6 N–H and O–H groups in total. The van der Waals surface area contributed by atoms with E-state index < -0.39 is 0 Å². The molecule has 0 bridgehead atoms. The van der Waals surface area contributed by atoms with Gasteiger partial charge in [-0.2, -0.15) is 0 Å². The minimum Gasteiger partial charge on any atom is -0.446 e. The van der Waals surface area contributed by atoms with E-state index in [1.165, 1.54) is 57.6 Å². The maximum absolute atomic E-state index is 13.7. The Morgan fingerprint density at radius 2 is 1.82 bits per heavy atom. The molecule has 0 spiro atoms. The second-order valence-corrected chi connectivity index (χ2v) is 17.4. The van der Waals surface area contributed by atoms with Crippen LogP contribution in [0.4, 0.5) is 4.79 Å². The molecule has 0 aromatic heterocycles. The summed E-state index contributed by atoms with van der Waals surface area (Å²) >= 11 is 0. The third kappa shape index (κ3) is 9.68. The van der Waals surface area contributed by atoms with Gasteiger partial charge >= 0.3 is 6.09 Å². The lowest BCUT2D eigenvalue weighted by Gasteiger charge is -2.58. The second-order valence-electron chi connectivity index (χ2n) is 17.4. The number of carbonyl (C=O) groups is 1. The van der Waals surface area contributed by atoms with Gasteiger partial charge in [-0.05, 0) is 124 Å². The van der Waals surface area contributed by atoms with E-state index in [1.54, 1.807) is 5.57 Å². The molecule has 8 unspecified atom stereocenters. The molecule has 0 aromatic rings. The first-order valence-corrected chi connectivity index (χ1v) is 20.4. The Bertz CT molecular complexity index is 1080. The first-order chi connectivity index (χ1) is 23.7. The van der Waals surface area contributed by atoms with Crippen molar-refractivity contribution in [1.82, 2.24) is 31.5 Å². The molecule has 1 saturated heterocycles. The number of hydrogen-bond donors (Lipinski definition) is 6. The van der Waals surface area contributed by atoms with Crippen molar-refractivity contribution >= 4 is 12.3 Å². The van der Waals surface area contributed by atoms with Crippen LogP contribution in [0, 0.1) is 51.7 Å². The van der Waals surface area contributed by atoms with Crippen LogP contribution in [0.5, 0.6) is 0 Å². The predicted octanol–water partition coefficient (Wildman–Crippen LogP) is 6.82. The number of fused-ring (bicyclic) bond motifs is 5. The zero-order chi connectivity index (χ0) is 34.9. The van der Waals surface area contributed by atoms with Gasteiger partial charge in [0.05, 0.1) is 6.67 Å². The van der Waals surface area contributed by atoms with Crippen LogP contribution >= 0.6 is 0 Å². The molecule has 0 aromatic carbocycles. The van der Waals surface area contributed by atoms with Crippen LogP contribution < -0.4 is 26.6 Å². The number of allylic oxidation sites excluding steroid dienone is 1. The average molecular weight is 684 g/mol. The number of rotatable bonds is 20. The molecular weight excluding hydrogens is 610 g/mol. The number of carbonyl (C=O) groups excluding carboxylic acids is 1. The van der Waals surface area contributed by atoms with Gasteiger partial charge in [0.2, 0.25) is 0 Å². The van der Waals surface area contributed by atoms with Crippen molar-refractivity contribution in [2.45, 2.75) is 137 Å². The summed E-state index contributed by atoms with van der Waals surface area (Å²) in [6.07, 6.45) is 21.0. The average Bonchev–Trinajstić information content (AvgIpc) is 3.41. The zero-order valence-electron chi connectivity index (χ0n) is 31.9. The number of ether oxygens (including phenoxy) is 1. The summed E-state index contributed by atoms with van der Waals surface area (Å²) in [4.78, 5) is 15.6. The summed E-state index contributed by atoms with van der Waals surface area (Å²) in [5.74, 6) is 5.06. The van der Waals surface area contributed by atoms with E-state index in [1.807, 2.05) is 4.90 Å². The van der Waals surface area contributed by atoms with E-state index in [0.29, 0.717) is 25.2 Å². The number of hydrogen-bond acceptors (Lipinski definition) is 8. The van der Waals surface area contributed by atoms with Crippen molar-refractivity contribution < 1.29 is 9.53 Å². The van der Waals surface area contributed by atoms with Gasteiger partial charge in [0, 0.05) is 38.9 Å². The van der Waals surface area contributed by atoms with Crippen molar-refractivity contribution in [2.24, 2.45) is 46.3 Å². The lowest BCUT2D eigenvalue weighted by Crippen LogP contribution is -2.66. The molecule has 1 aliphatic heterocycles. The molecule has 4 aliphatic carbocycles. The number of nitrogens with zero attached hydrogens (tertiary/aromatic N) is 1. The van der Waals surface area contributed by atoms with Crippen LogP contribution in [0.2, 0.25) is 0 Å². The van der Waals surface area contributed by atoms with Gasteiger partial charge in [-0.15, -0.1) is 0 Å². The Labute approximate surface area is 299 Å². The van der Waals surface area contributed by atoms with Gasteiger partial charge in [0.1, 0.15) is 12.4 Å². The van der Waals surface area contributed by atoms with Gasteiger partial charge in [-0.1, -0.05) is 65.5 Å². The largest absolute Gasteiger partial charge is 0.446 e. The Balaban J connectivity index is 1.13. The summed E-state index contributed by atoms with van der Waals surface area (Å²) in [7, 11) is 0. The fourth-order valence-corrected chi connectivity index (χ4v) is 11.0. The third-order valence-corrected chi connectivity index (χ3v) is 13.9. The predicted molar refractivity (Wildman–Crippen MR) is 201 cm³/mol. The van der Waals surface area contributed by atoms with Crippen molar-refractivity contribution in [3.63, 3.8) is 0 Å². The van der Waals surface area contributed by atoms with Gasteiger partial charge in [0.15, 0.2) is 0 Å². The normalized spacial score (nSPS) is 33.2. The summed E-state index contributed by atoms with van der Waals surface area (Å²) in [6.45, 7) is 17.9. The molecule has 5 rings (SSSR count). The van der Waals surface area contributed by atoms with E-state index in [2.05, 4.69) is 67.3 Å². The smallest absolute Gasteiger partial charge is 0.410 e. The Kier molecular flexibility index (Phi) is 14.5. The highest BCUT2D eigenvalue weighted by Gasteiger charge is 2.59.